The summed E-state index contributed by atoms with van der Waals surface area (Å²) in [4.78, 5) is 4.34. The molecule has 0 saturated carbocycles. The van der Waals surface area contributed by atoms with Crippen LogP contribution in [0.5, 0.6) is 0 Å². The molecule has 0 bridgehead atoms. The molecule has 24 heavy (non-hydrogen) atoms. The third kappa shape index (κ3) is 3.07. The Morgan fingerprint density at radius 2 is 1.83 bits per heavy atom. The molecule has 0 fully saturated rings. The fraction of sp³-hybridized carbons (Fsp3) is 0.0526. The lowest BCUT2D eigenvalue weighted by Crippen LogP contribution is -2.00. The molecule has 0 aliphatic rings. The van der Waals surface area contributed by atoms with Crippen LogP contribution >= 0.6 is 23.2 Å². The summed E-state index contributed by atoms with van der Waals surface area (Å²) in [6.45, 7) is 2.00. The van der Waals surface area contributed by atoms with Gasteiger partial charge in [-0.25, -0.2) is 4.98 Å². The number of nitrogens with two attached hydrogens (primary N) is 1. The Labute approximate surface area is 150 Å². The summed E-state index contributed by atoms with van der Waals surface area (Å²) in [6.07, 6.45) is 0. The van der Waals surface area contributed by atoms with E-state index in [1.54, 1.807) is 18.2 Å². The van der Waals surface area contributed by atoms with Gasteiger partial charge in [0.25, 0.3) is 0 Å². The molecular formula is C19H13Cl2N3. The van der Waals surface area contributed by atoms with Gasteiger partial charge in [-0.1, -0.05) is 53.0 Å². The second-order valence-corrected chi connectivity index (χ2v) is 6.26. The Hall–Kier alpha value is -2.54. The first-order chi connectivity index (χ1) is 11.5. The first kappa shape index (κ1) is 16.3. The zero-order valence-corrected chi connectivity index (χ0v) is 14.4. The molecule has 2 N–H and O–H groups in total. The third-order valence-electron chi connectivity index (χ3n) is 3.70. The van der Waals surface area contributed by atoms with Crippen LogP contribution in [0.25, 0.3) is 22.4 Å². The van der Waals surface area contributed by atoms with Crippen molar-refractivity contribution in [2.75, 3.05) is 5.73 Å². The molecule has 118 valence electrons. The highest BCUT2D eigenvalue weighted by molar-refractivity contribution is 6.36. The molecule has 0 aliphatic carbocycles. The predicted octanol–water partition coefficient (Wildman–Crippen LogP) is 5.48. The van der Waals surface area contributed by atoms with Crippen LogP contribution in [0.15, 0.2) is 48.5 Å². The van der Waals surface area contributed by atoms with E-state index in [1.807, 2.05) is 37.3 Å². The number of nitrogen functional groups attached to an aromatic ring is 1. The summed E-state index contributed by atoms with van der Waals surface area (Å²) in [7, 11) is 0. The summed E-state index contributed by atoms with van der Waals surface area (Å²) in [6, 6.07) is 17.0. The lowest BCUT2D eigenvalue weighted by Gasteiger charge is -2.12. The van der Waals surface area contributed by atoms with Gasteiger partial charge in [0.15, 0.2) is 0 Å². The second kappa shape index (κ2) is 6.52. The topological polar surface area (TPSA) is 62.7 Å². The van der Waals surface area contributed by atoms with Crippen LogP contribution in [-0.2, 0) is 0 Å². The van der Waals surface area contributed by atoms with Crippen molar-refractivity contribution >= 4 is 29.0 Å². The molecular weight excluding hydrogens is 341 g/mol. The van der Waals surface area contributed by atoms with Gasteiger partial charge in [-0.05, 0) is 36.8 Å². The highest BCUT2D eigenvalue weighted by Crippen LogP contribution is 2.35. The fourth-order valence-corrected chi connectivity index (χ4v) is 3.06. The predicted molar refractivity (Wildman–Crippen MR) is 99.0 cm³/mol. The van der Waals surface area contributed by atoms with Crippen LogP contribution in [0, 0.1) is 18.3 Å². The van der Waals surface area contributed by atoms with Crippen LogP contribution in [0.4, 0.5) is 5.82 Å². The monoisotopic (exact) mass is 353 g/mol. The van der Waals surface area contributed by atoms with E-state index < -0.39 is 0 Å². The molecule has 0 spiro atoms. The van der Waals surface area contributed by atoms with Crippen molar-refractivity contribution in [3.63, 3.8) is 0 Å². The highest BCUT2D eigenvalue weighted by atomic mass is 35.5. The normalized spacial score (nSPS) is 10.4. The van der Waals surface area contributed by atoms with Crippen molar-refractivity contribution in [2.24, 2.45) is 0 Å². The van der Waals surface area contributed by atoms with E-state index in [1.165, 1.54) is 0 Å². The van der Waals surface area contributed by atoms with Crippen LogP contribution in [0.1, 0.15) is 11.1 Å². The minimum atomic E-state index is 0.178. The minimum absolute atomic E-state index is 0.178. The van der Waals surface area contributed by atoms with Gasteiger partial charge in [-0.3, -0.25) is 0 Å². The number of anilines is 1. The van der Waals surface area contributed by atoms with Crippen LogP contribution < -0.4 is 5.73 Å². The summed E-state index contributed by atoms with van der Waals surface area (Å²) >= 11 is 12.2. The number of aryl methyl sites for hydroxylation is 1. The third-order valence-corrected chi connectivity index (χ3v) is 4.24. The van der Waals surface area contributed by atoms with Crippen LogP contribution in [0.2, 0.25) is 10.0 Å². The number of nitriles is 1. The number of hydrogen-bond donors (Lipinski definition) is 1. The lowest BCUT2D eigenvalue weighted by molar-refractivity contribution is 1.31. The standard InChI is InChI=1S/C19H13Cl2N3/c1-11-3-2-4-12(7-11)15-9-18(24-19(23)16(15)10-22)14-6-5-13(20)8-17(14)21/h2-9H,1H3,(H2,23,24). The maximum Gasteiger partial charge on any atom is 0.142 e. The average molecular weight is 354 g/mol. The quantitative estimate of drug-likeness (QED) is 0.662. The van der Waals surface area contributed by atoms with Crippen molar-refractivity contribution < 1.29 is 0 Å². The summed E-state index contributed by atoms with van der Waals surface area (Å²) in [5.74, 6) is 0.178. The molecule has 0 atom stereocenters. The largest absolute Gasteiger partial charge is 0.383 e. The molecule has 3 rings (SSSR count). The molecule has 3 aromatic rings. The van der Waals surface area contributed by atoms with E-state index in [-0.39, 0.29) is 5.82 Å². The summed E-state index contributed by atoms with van der Waals surface area (Å²) in [5.41, 5.74) is 10.4. The molecule has 5 heteroatoms. The number of nitrogens with zero attached hydrogens (tertiary/aromatic N) is 2. The average Bonchev–Trinajstić information content (AvgIpc) is 2.54. The molecule has 2 aromatic carbocycles. The molecule has 0 amide bonds. The Balaban J connectivity index is 2.26. The van der Waals surface area contributed by atoms with Gasteiger partial charge in [0.2, 0.25) is 0 Å². The smallest absolute Gasteiger partial charge is 0.142 e. The first-order valence-corrected chi connectivity index (χ1v) is 7.98. The van der Waals surface area contributed by atoms with Gasteiger partial charge in [0.1, 0.15) is 17.5 Å². The van der Waals surface area contributed by atoms with E-state index in [9.17, 15) is 5.26 Å². The molecule has 1 heterocycles. The van der Waals surface area contributed by atoms with E-state index in [4.69, 9.17) is 28.9 Å². The van der Waals surface area contributed by atoms with Crippen molar-refractivity contribution in [3.05, 3.63) is 69.7 Å². The van der Waals surface area contributed by atoms with Crippen molar-refractivity contribution in [1.82, 2.24) is 4.98 Å². The number of rotatable bonds is 2. The summed E-state index contributed by atoms with van der Waals surface area (Å²) < 4.78 is 0. The highest BCUT2D eigenvalue weighted by Gasteiger charge is 2.15. The number of benzene rings is 2. The van der Waals surface area contributed by atoms with Gasteiger partial charge in [0, 0.05) is 16.1 Å². The zero-order chi connectivity index (χ0) is 17.3. The lowest BCUT2D eigenvalue weighted by atomic mass is 9.97. The van der Waals surface area contributed by atoms with E-state index in [0.29, 0.717) is 26.9 Å². The molecule has 3 nitrogen and oxygen atoms in total. The molecule has 0 radical (unpaired) electrons. The van der Waals surface area contributed by atoms with Gasteiger partial charge < -0.3 is 5.73 Å². The van der Waals surface area contributed by atoms with Crippen LogP contribution in [-0.4, -0.2) is 4.98 Å². The van der Waals surface area contributed by atoms with E-state index in [2.05, 4.69) is 11.1 Å². The molecule has 0 aliphatic heterocycles. The van der Waals surface area contributed by atoms with Gasteiger partial charge in [-0.2, -0.15) is 5.26 Å². The van der Waals surface area contributed by atoms with E-state index in [0.717, 1.165) is 16.7 Å². The van der Waals surface area contributed by atoms with E-state index >= 15 is 0 Å². The van der Waals surface area contributed by atoms with Crippen molar-refractivity contribution in [3.8, 4) is 28.5 Å². The van der Waals surface area contributed by atoms with Crippen molar-refractivity contribution in [2.45, 2.75) is 6.92 Å². The number of hydrogen-bond acceptors (Lipinski definition) is 3. The molecule has 1 aromatic heterocycles. The maximum absolute atomic E-state index is 9.47. The number of pyridine rings is 1. The van der Waals surface area contributed by atoms with Gasteiger partial charge >= 0.3 is 0 Å². The minimum Gasteiger partial charge on any atom is -0.383 e. The number of aromatic nitrogens is 1. The maximum atomic E-state index is 9.47. The summed E-state index contributed by atoms with van der Waals surface area (Å²) in [5, 5.41) is 10.5. The SMILES string of the molecule is Cc1cccc(-c2cc(-c3ccc(Cl)cc3Cl)nc(N)c2C#N)c1. The zero-order valence-electron chi connectivity index (χ0n) is 12.8. The van der Waals surface area contributed by atoms with Crippen LogP contribution in [0.3, 0.4) is 0 Å². The fourth-order valence-electron chi connectivity index (χ4n) is 2.56. The van der Waals surface area contributed by atoms with Gasteiger partial charge in [0.05, 0.1) is 10.7 Å². The first-order valence-electron chi connectivity index (χ1n) is 7.22. The number of halogens is 2. The van der Waals surface area contributed by atoms with Gasteiger partial charge in [-0.15, -0.1) is 0 Å². The Morgan fingerprint density at radius 3 is 2.50 bits per heavy atom. The Kier molecular flexibility index (Phi) is 4.44. The Bertz CT molecular complexity index is 975. The molecule has 0 unspecified atom stereocenters. The molecule has 0 saturated heterocycles. The Morgan fingerprint density at radius 1 is 1.04 bits per heavy atom. The van der Waals surface area contributed by atoms with Crippen molar-refractivity contribution in [1.29, 1.82) is 5.26 Å². The second-order valence-electron chi connectivity index (χ2n) is 5.42.